The normalized spacial score (nSPS) is 10.8. The lowest BCUT2D eigenvalue weighted by Gasteiger charge is -1.99. The van der Waals surface area contributed by atoms with Crippen molar-refractivity contribution in [2.45, 2.75) is 0 Å². The average molecular weight is 231 g/mol. The van der Waals surface area contributed by atoms with Gasteiger partial charge in [-0.2, -0.15) is 5.10 Å². The number of methoxy groups -OCH3 is 1. The van der Waals surface area contributed by atoms with Crippen molar-refractivity contribution in [1.29, 1.82) is 0 Å². The fraction of sp³-hybridized carbons (Fsp3) is 0.0909. The van der Waals surface area contributed by atoms with Crippen LogP contribution in [0.1, 0.15) is 0 Å². The molecule has 16 heavy (non-hydrogen) atoms. The summed E-state index contributed by atoms with van der Waals surface area (Å²) < 4.78 is 6.90. The Kier molecular flexibility index (Phi) is 2.11. The molecular weight excluding hydrogens is 222 g/mol. The number of ether oxygens (including phenoxy) is 1. The Morgan fingerprint density at radius 2 is 2.06 bits per heavy atom. The Morgan fingerprint density at radius 3 is 2.75 bits per heavy atom. The average Bonchev–Trinajstić information content (AvgIpc) is 2.89. The first-order chi connectivity index (χ1) is 7.86. The molecule has 0 aliphatic rings. The Bertz CT molecular complexity index is 583. The maximum atomic E-state index is 5.11. The summed E-state index contributed by atoms with van der Waals surface area (Å²) in [5.74, 6) is 0.850. The first-order valence-corrected chi connectivity index (χ1v) is 5.68. The third-order valence-corrected chi connectivity index (χ3v) is 3.06. The highest BCUT2D eigenvalue weighted by Crippen LogP contribution is 2.22. The van der Waals surface area contributed by atoms with Crippen molar-refractivity contribution >= 4 is 16.3 Å². The standard InChI is InChI=1S/C11H9N3OS/c1-15-9-4-2-8(3-5-9)10-6-14-11(13-10)16-7-12-14/h2-7H,1H3. The smallest absolute Gasteiger partial charge is 0.212 e. The minimum Gasteiger partial charge on any atom is -0.497 e. The lowest BCUT2D eigenvalue weighted by Crippen LogP contribution is -1.82. The second kappa shape index (κ2) is 3.61. The molecule has 0 radical (unpaired) electrons. The SMILES string of the molecule is COc1ccc(-c2cn3ncsc3n2)cc1. The minimum absolute atomic E-state index is 0.850. The topological polar surface area (TPSA) is 39.4 Å². The molecule has 0 aliphatic heterocycles. The van der Waals surface area contributed by atoms with Crippen LogP contribution in [0.3, 0.4) is 0 Å². The van der Waals surface area contributed by atoms with E-state index in [1.54, 1.807) is 17.1 Å². The van der Waals surface area contributed by atoms with E-state index in [2.05, 4.69) is 10.1 Å². The van der Waals surface area contributed by atoms with E-state index in [0.29, 0.717) is 0 Å². The largest absolute Gasteiger partial charge is 0.497 e. The van der Waals surface area contributed by atoms with Gasteiger partial charge in [0, 0.05) is 5.56 Å². The van der Waals surface area contributed by atoms with Gasteiger partial charge in [-0.15, -0.1) is 0 Å². The summed E-state index contributed by atoms with van der Waals surface area (Å²) in [7, 11) is 1.66. The zero-order valence-corrected chi connectivity index (χ0v) is 9.44. The minimum atomic E-state index is 0.850. The van der Waals surface area contributed by atoms with Gasteiger partial charge in [0.25, 0.3) is 0 Å². The molecule has 0 saturated heterocycles. The summed E-state index contributed by atoms with van der Waals surface area (Å²) >= 11 is 1.53. The second-order valence-corrected chi connectivity index (χ2v) is 4.13. The molecule has 0 fully saturated rings. The molecule has 3 rings (SSSR count). The van der Waals surface area contributed by atoms with Crippen molar-refractivity contribution in [3.05, 3.63) is 36.0 Å². The lowest BCUT2D eigenvalue weighted by molar-refractivity contribution is 0.415. The van der Waals surface area contributed by atoms with E-state index in [1.807, 2.05) is 30.5 Å². The highest BCUT2D eigenvalue weighted by molar-refractivity contribution is 7.14. The van der Waals surface area contributed by atoms with Crippen molar-refractivity contribution < 1.29 is 4.74 Å². The van der Waals surface area contributed by atoms with Gasteiger partial charge < -0.3 is 4.74 Å². The molecule has 2 heterocycles. The van der Waals surface area contributed by atoms with Crippen molar-refractivity contribution in [3.63, 3.8) is 0 Å². The van der Waals surface area contributed by atoms with Crippen LogP contribution in [0.5, 0.6) is 5.75 Å². The molecule has 0 saturated carbocycles. The molecule has 0 N–H and O–H groups in total. The summed E-state index contributed by atoms with van der Waals surface area (Å²) in [6, 6.07) is 7.84. The van der Waals surface area contributed by atoms with Crippen LogP contribution >= 0.6 is 11.3 Å². The van der Waals surface area contributed by atoms with E-state index >= 15 is 0 Å². The molecule has 2 aromatic heterocycles. The Balaban J connectivity index is 2.05. The molecule has 5 heteroatoms. The Morgan fingerprint density at radius 1 is 1.25 bits per heavy atom. The molecule has 0 bridgehead atoms. The van der Waals surface area contributed by atoms with Gasteiger partial charge in [0.15, 0.2) is 0 Å². The van der Waals surface area contributed by atoms with Crippen LogP contribution in [0.15, 0.2) is 36.0 Å². The maximum absolute atomic E-state index is 5.11. The van der Waals surface area contributed by atoms with Crippen LogP contribution in [-0.2, 0) is 0 Å². The monoisotopic (exact) mass is 231 g/mol. The molecule has 0 aliphatic carbocycles. The van der Waals surface area contributed by atoms with E-state index in [9.17, 15) is 0 Å². The third kappa shape index (κ3) is 1.45. The molecule has 0 spiro atoms. The van der Waals surface area contributed by atoms with Gasteiger partial charge in [-0.25, -0.2) is 9.50 Å². The maximum Gasteiger partial charge on any atom is 0.212 e. The van der Waals surface area contributed by atoms with Gasteiger partial charge >= 0.3 is 0 Å². The van der Waals surface area contributed by atoms with Gasteiger partial charge in [0.05, 0.1) is 19.0 Å². The highest BCUT2D eigenvalue weighted by atomic mass is 32.1. The first kappa shape index (κ1) is 9.35. The number of hydrogen-bond acceptors (Lipinski definition) is 4. The van der Waals surface area contributed by atoms with Gasteiger partial charge in [0.2, 0.25) is 4.96 Å². The van der Waals surface area contributed by atoms with Gasteiger partial charge in [-0.05, 0) is 24.3 Å². The predicted molar refractivity (Wildman–Crippen MR) is 62.9 cm³/mol. The number of hydrogen-bond donors (Lipinski definition) is 0. The van der Waals surface area contributed by atoms with Gasteiger partial charge in [0.1, 0.15) is 11.3 Å². The third-order valence-electron chi connectivity index (χ3n) is 2.37. The summed E-state index contributed by atoms with van der Waals surface area (Å²) in [5.41, 5.74) is 3.78. The van der Waals surface area contributed by atoms with Gasteiger partial charge in [-0.1, -0.05) is 11.3 Å². The molecule has 0 unspecified atom stereocenters. The van der Waals surface area contributed by atoms with Crippen LogP contribution in [0.2, 0.25) is 0 Å². The van der Waals surface area contributed by atoms with E-state index in [4.69, 9.17) is 4.74 Å². The van der Waals surface area contributed by atoms with Crippen LogP contribution < -0.4 is 4.74 Å². The molecule has 0 amide bonds. The van der Waals surface area contributed by atoms with Crippen LogP contribution in [0.4, 0.5) is 0 Å². The number of fused-ring (bicyclic) bond motifs is 1. The zero-order valence-electron chi connectivity index (χ0n) is 8.62. The molecule has 80 valence electrons. The van der Waals surface area contributed by atoms with Crippen molar-refractivity contribution in [2.75, 3.05) is 7.11 Å². The van der Waals surface area contributed by atoms with Crippen molar-refractivity contribution in [3.8, 4) is 17.0 Å². The van der Waals surface area contributed by atoms with Crippen LogP contribution in [-0.4, -0.2) is 21.7 Å². The fourth-order valence-electron chi connectivity index (χ4n) is 1.54. The van der Waals surface area contributed by atoms with Gasteiger partial charge in [-0.3, -0.25) is 0 Å². The second-order valence-electron chi connectivity index (χ2n) is 3.32. The molecule has 1 aromatic carbocycles. The number of rotatable bonds is 2. The highest BCUT2D eigenvalue weighted by Gasteiger charge is 2.05. The van der Waals surface area contributed by atoms with E-state index in [1.165, 1.54) is 11.3 Å². The summed E-state index contributed by atoms with van der Waals surface area (Å²) in [4.78, 5) is 5.38. The number of aromatic nitrogens is 3. The number of benzene rings is 1. The summed E-state index contributed by atoms with van der Waals surface area (Å²) in [6.07, 6.45) is 1.92. The molecule has 4 nitrogen and oxygen atoms in total. The number of nitrogens with zero attached hydrogens (tertiary/aromatic N) is 3. The molecule has 0 atom stereocenters. The van der Waals surface area contributed by atoms with E-state index in [0.717, 1.165) is 22.0 Å². The summed E-state index contributed by atoms with van der Waals surface area (Å²) in [5, 5.41) is 4.15. The van der Waals surface area contributed by atoms with Crippen molar-refractivity contribution in [1.82, 2.24) is 14.6 Å². The lowest BCUT2D eigenvalue weighted by atomic mass is 10.2. The van der Waals surface area contributed by atoms with Crippen LogP contribution in [0, 0.1) is 0 Å². The molecule has 3 aromatic rings. The Hall–Kier alpha value is -1.88. The fourth-order valence-corrected chi connectivity index (χ4v) is 2.14. The van der Waals surface area contributed by atoms with Crippen molar-refractivity contribution in [2.24, 2.45) is 0 Å². The zero-order chi connectivity index (χ0) is 11.0. The predicted octanol–water partition coefficient (Wildman–Crippen LogP) is 2.47. The van der Waals surface area contributed by atoms with E-state index in [-0.39, 0.29) is 0 Å². The van der Waals surface area contributed by atoms with Crippen LogP contribution in [0.25, 0.3) is 16.2 Å². The Labute approximate surface area is 96.1 Å². The first-order valence-electron chi connectivity index (χ1n) is 4.80. The number of imidazole rings is 1. The quantitative estimate of drug-likeness (QED) is 0.680. The van der Waals surface area contributed by atoms with E-state index < -0.39 is 0 Å². The molecular formula is C11H9N3OS. The summed E-state index contributed by atoms with van der Waals surface area (Å²) in [6.45, 7) is 0.